The van der Waals surface area contributed by atoms with Gasteiger partial charge in [-0.3, -0.25) is 0 Å². The zero-order valence-corrected chi connectivity index (χ0v) is 14.2. The van der Waals surface area contributed by atoms with Gasteiger partial charge in [-0.05, 0) is 38.5 Å². The van der Waals surface area contributed by atoms with Crippen LogP contribution < -0.4 is 0 Å². The van der Waals surface area contributed by atoms with Crippen molar-refractivity contribution in [2.24, 2.45) is 0 Å². The van der Waals surface area contributed by atoms with E-state index in [-0.39, 0.29) is 5.79 Å². The van der Waals surface area contributed by atoms with Gasteiger partial charge < -0.3 is 9.47 Å². The van der Waals surface area contributed by atoms with Crippen LogP contribution in [0.3, 0.4) is 0 Å². The van der Waals surface area contributed by atoms with Crippen LogP contribution in [0.5, 0.6) is 0 Å². The highest BCUT2D eigenvalue weighted by atomic mass is 16.7. The van der Waals surface area contributed by atoms with Crippen molar-refractivity contribution < 1.29 is 9.47 Å². The maximum absolute atomic E-state index is 6.52. The lowest BCUT2D eigenvalue weighted by Crippen LogP contribution is -2.42. The molecule has 1 fully saturated rings. The number of rotatable bonds is 8. The molecule has 120 valence electrons. The molecule has 2 nitrogen and oxygen atoms in total. The van der Waals surface area contributed by atoms with Crippen LogP contribution in [0.15, 0.2) is 0 Å². The fraction of sp³-hybridized carbons (Fsp3) is 1.00. The fourth-order valence-electron chi connectivity index (χ4n) is 3.23. The molecule has 0 aliphatic heterocycles. The second-order valence-electron chi connectivity index (χ2n) is 6.29. The Morgan fingerprint density at radius 2 is 1.00 bits per heavy atom. The van der Waals surface area contributed by atoms with Crippen molar-refractivity contribution in [2.45, 2.75) is 116 Å². The Morgan fingerprint density at radius 3 is 1.35 bits per heavy atom. The summed E-state index contributed by atoms with van der Waals surface area (Å²) in [7, 11) is 0. The lowest BCUT2D eigenvalue weighted by molar-refractivity contribution is -0.288. The van der Waals surface area contributed by atoms with Crippen molar-refractivity contribution in [1.82, 2.24) is 0 Å². The van der Waals surface area contributed by atoms with Gasteiger partial charge in [0.1, 0.15) is 0 Å². The number of ether oxygens (including phenoxy) is 2. The fourth-order valence-corrected chi connectivity index (χ4v) is 3.23. The zero-order valence-electron chi connectivity index (χ0n) is 14.2. The van der Waals surface area contributed by atoms with Crippen LogP contribution in [0.25, 0.3) is 0 Å². The minimum Gasteiger partial charge on any atom is -0.347 e. The van der Waals surface area contributed by atoms with Gasteiger partial charge in [-0.15, -0.1) is 0 Å². The standard InChI is InChI=1S/C18H36O2/c1-5-16(6-2)19-18(20-17(7-3)8-4)14-12-10-9-11-13-15-18/h16-17H,5-15H2,1-4H3. The lowest BCUT2D eigenvalue weighted by Gasteiger charge is -2.40. The summed E-state index contributed by atoms with van der Waals surface area (Å²) in [6.45, 7) is 8.90. The van der Waals surface area contributed by atoms with Crippen LogP contribution in [0, 0.1) is 0 Å². The van der Waals surface area contributed by atoms with Gasteiger partial charge in [0.05, 0.1) is 12.2 Å². The first-order chi connectivity index (χ1) is 9.69. The second kappa shape index (κ2) is 9.78. The summed E-state index contributed by atoms with van der Waals surface area (Å²) in [5.41, 5.74) is 0. The molecule has 0 spiro atoms. The van der Waals surface area contributed by atoms with Gasteiger partial charge in [0.15, 0.2) is 5.79 Å². The average molecular weight is 284 g/mol. The molecule has 20 heavy (non-hydrogen) atoms. The average Bonchev–Trinajstić information content (AvgIpc) is 2.46. The Balaban J connectivity index is 2.77. The van der Waals surface area contributed by atoms with Crippen LogP contribution in [-0.4, -0.2) is 18.0 Å². The Morgan fingerprint density at radius 1 is 0.650 bits per heavy atom. The van der Waals surface area contributed by atoms with Crippen LogP contribution in [0.2, 0.25) is 0 Å². The van der Waals surface area contributed by atoms with Crippen LogP contribution in [0.1, 0.15) is 98.3 Å². The number of hydrogen-bond donors (Lipinski definition) is 0. The SMILES string of the molecule is CCC(CC)OC1(OC(CC)CC)CCCCCCC1. The van der Waals surface area contributed by atoms with E-state index in [2.05, 4.69) is 27.7 Å². The van der Waals surface area contributed by atoms with E-state index >= 15 is 0 Å². The van der Waals surface area contributed by atoms with Crippen molar-refractivity contribution >= 4 is 0 Å². The van der Waals surface area contributed by atoms with Crippen molar-refractivity contribution in [3.8, 4) is 0 Å². The minimum atomic E-state index is -0.298. The topological polar surface area (TPSA) is 18.5 Å². The Hall–Kier alpha value is -0.0800. The summed E-state index contributed by atoms with van der Waals surface area (Å²) in [5, 5.41) is 0. The quantitative estimate of drug-likeness (QED) is 0.521. The molecular formula is C18H36O2. The normalized spacial score (nSPS) is 20.1. The van der Waals surface area contributed by atoms with E-state index in [1.165, 1.54) is 32.1 Å². The van der Waals surface area contributed by atoms with Gasteiger partial charge >= 0.3 is 0 Å². The highest BCUT2D eigenvalue weighted by Gasteiger charge is 2.36. The van der Waals surface area contributed by atoms with Gasteiger partial charge in [0, 0.05) is 12.8 Å². The molecule has 2 heteroatoms. The largest absolute Gasteiger partial charge is 0.347 e. The molecule has 0 heterocycles. The van der Waals surface area contributed by atoms with Gasteiger partial charge in [0.25, 0.3) is 0 Å². The summed E-state index contributed by atoms with van der Waals surface area (Å²) in [6.07, 6.45) is 13.8. The predicted molar refractivity (Wildman–Crippen MR) is 86.0 cm³/mol. The maximum atomic E-state index is 6.52. The summed E-state index contributed by atoms with van der Waals surface area (Å²) >= 11 is 0. The van der Waals surface area contributed by atoms with Gasteiger partial charge in [-0.1, -0.05) is 47.0 Å². The van der Waals surface area contributed by atoms with Gasteiger partial charge in [0.2, 0.25) is 0 Å². The molecule has 1 saturated carbocycles. The van der Waals surface area contributed by atoms with Crippen molar-refractivity contribution in [3.05, 3.63) is 0 Å². The third-order valence-electron chi connectivity index (χ3n) is 4.70. The highest BCUT2D eigenvalue weighted by molar-refractivity contribution is 4.77. The molecule has 0 aromatic carbocycles. The predicted octanol–water partition coefficient (Wildman–Crippen LogP) is 5.84. The molecule has 0 saturated heterocycles. The first-order valence-electron chi connectivity index (χ1n) is 9.05. The molecule has 0 atom stereocenters. The van der Waals surface area contributed by atoms with E-state index in [0.29, 0.717) is 12.2 Å². The van der Waals surface area contributed by atoms with Gasteiger partial charge in [-0.25, -0.2) is 0 Å². The summed E-state index contributed by atoms with van der Waals surface area (Å²) < 4.78 is 13.0. The monoisotopic (exact) mass is 284 g/mol. The molecule has 0 unspecified atom stereocenters. The number of hydrogen-bond acceptors (Lipinski definition) is 2. The first-order valence-corrected chi connectivity index (χ1v) is 9.05. The van der Waals surface area contributed by atoms with Crippen LogP contribution >= 0.6 is 0 Å². The third kappa shape index (κ3) is 5.73. The molecule has 0 aromatic heterocycles. The molecular weight excluding hydrogens is 248 g/mol. The highest BCUT2D eigenvalue weighted by Crippen LogP contribution is 2.35. The summed E-state index contributed by atoms with van der Waals surface area (Å²) in [4.78, 5) is 0. The first kappa shape index (κ1) is 18.0. The van der Waals surface area contributed by atoms with Gasteiger partial charge in [-0.2, -0.15) is 0 Å². The second-order valence-corrected chi connectivity index (χ2v) is 6.29. The van der Waals surface area contributed by atoms with Crippen LogP contribution in [-0.2, 0) is 9.47 Å². The molecule has 0 N–H and O–H groups in total. The van der Waals surface area contributed by atoms with E-state index in [0.717, 1.165) is 38.5 Å². The molecule has 1 aliphatic rings. The minimum absolute atomic E-state index is 0.298. The van der Waals surface area contributed by atoms with E-state index < -0.39 is 0 Å². The van der Waals surface area contributed by atoms with E-state index in [1.54, 1.807) is 0 Å². The summed E-state index contributed by atoms with van der Waals surface area (Å²) in [6, 6.07) is 0. The summed E-state index contributed by atoms with van der Waals surface area (Å²) in [5.74, 6) is -0.298. The molecule has 1 aliphatic carbocycles. The van der Waals surface area contributed by atoms with Crippen molar-refractivity contribution in [3.63, 3.8) is 0 Å². The molecule has 0 aromatic rings. The zero-order chi connectivity index (χ0) is 14.8. The van der Waals surface area contributed by atoms with E-state index in [1.807, 2.05) is 0 Å². The van der Waals surface area contributed by atoms with Crippen molar-refractivity contribution in [2.75, 3.05) is 0 Å². The van der Waals surface area contributed by atoms with Crippen molar-refractivity contribution in [1.29, 1.82) is 0 Å². The Kier molecular flexibility index (Phi) is 8.79. The lowest BCUT2D eigenvalue weighted by atomic mass is 9.94. The molecule has 0 bridgehead atoms. The van der Waals surface area contributed by atoms with E-state index in [4.69, 9.17) is 9.47 Å². The smallest absolute Gasteiger partial charge is 0.169 e. The molecule has 0 amide bonds. The Labute approximate surface area is 126 Å². The van der Waals surface area contributed by atoms with Crippen LogP contribution in [0.4, 0.5) is 0 Å². The van der Waals surface area contributed by atoms with E-state index in [9.17, 15) is 0 Å². The third-order valence-corrected chi connectivity index (χ3v) is 4.70. The molecule has 0 radical (unpaired) electrons. The maximum Gasteiger partial charge on any atom is 0.169 e. The Bertz CT molecular complexity index is 208. The molecule has 1 rings (SSSR count).